The van der Waals surface area contributed by atoms with Gasteiger partial charge in [0, 0.05) is 68.5 Å². The molecule has 0 unspecified atom stereocenters. The van der Waals surface area contributed by atoms with Crippen LogP contribution in [0.4, 0.5) is 13.2 Å². The number of likely N-dealkylation sites (tertiary alicyclic amines) is 1. The second-order valence-electron chi connectivity index (χ2n) is 28.4. The largest absolute Gasteiger partial charge is 0.416 e. The fraction of sp³-hybridized carbons (Fsp3) is 0.739. The highest BCUT2D eigenvalue weighted by atomic mass is 19.4. The maximum absolute atomic E-state index is 15.3. The fourth-order valence-electron chi connectivity index (χ4n) is 14.8. The third-order valence-corrected chi connectivity index (χ3v) is 21.6. The molecule has 534 valence electrons. The predicted octanol–water partition coefficient (Wildman–Crippen LogP) is 4.35. The highest BCUT2D eigenvalue weighted by Gasteiger charge is 2.51. The molecule has 6 fully saturated rings. The van der Waals surface area contributed by atoms with Crippen molar-refractivity contribution in [2.24, 2.45) is 17.8 Å². The molecule has 4 heterocycles. The first kappa shape index (κ1) is 76.0. The van der Waals surface area contributed by atoms with Crippen LogP contribution in [0.15, 0.2) is 24.3 Å². The van der Waals surface area contributed by atoms with Gasteiger partial charge in [-0.3, -0.25) is 57.5 Å². The molecule has 0 radical (unpaired) electrons. The zero-order valence-electron chi connectivity index (χ0n) is 58.5. The summed E-state index contributed by atoms with van der Waals surface area (Å²) in [6, 6.07) is -6.50. The number of aryl methyl sites for hydroxylation is 1. The number of rotatable bonds is 9. The van der Waals surface area contributed by atoms with Gasteiger partial charge in [0.1, 0.15) is 59.9 Å². The molecule has 7 rings (SSSR count). The molecular formula is C69H105F3N12O12. The molecule has 0 aromatic heterocycles. The minimum atomic E-state index is -4.62. The Morgan fingerprint density at radius 2 is 1.22 bits per heavy atom. The number of carbonyl (C=O) groups excluding carboxylic acids is 12. The summed E-state index contributed by atoms with van der Waals surface area (Å²) in [5.41, 5.74) is -2.03. The van der Waals surface area contributed by atoms with Crippen molar-refractivity contribution in [1.29, 1.82) is 0 Å². The van der Waals surface area contributed by atoms with Crippen molar-refractivity contribution >= 4 is 70.9 Å². The normalized spacial score (nSPS) is 28.4. The van der Waals surface area contributed by atoms with E-state index in [0.717, 1.165) is 60.5 Å². The number of halogens is 3. The molecule has 0 bridgehead atoms. The van der Waals surface area contributed by atoms with Gasteiger partial charge in [0.2, 0.25) is 70.9 Å². The van der Waals surface area contributed by atoms with Crippen molar-refractivity contribution in [1.82, 2.24) is 60.0 Å². The van der Waals surface area contributed by atoms with Gasteiger partial charge < -0.3 is 60.0 Å². The number of nitrogens with zero attached hydrogens (tertiary/aromatic N) is 9. The van der Waals surface area contributed by atoms with Crippen molar-refractivity contribution in [3.63, 3.8) is 0 Å². The number of carbonyl (C=O) groups is 12. The second kappa shape index (κ2) is 32.8. The maximum Gasteiger partial charge on any atom is 0.416 e. The number of alkyl halides is 3. The first-order chi connectivity index (χ1) is 45.2. The van der Waals surface area contributed by atoms with Crippen LogP contribution in [0.1, 0.15) is 175 Å². The summed E-state index contributed by atoms with van der Waals surface area (Å²) in [5.74, 6) is -8.64. The van der Waals surface area contributed by atoms with Gasteiger partial charge >= 0.3 is 6.18 Å². The number of hydrogen-bond acceptors (Lipinski definition) is 12. The predicted molar refractivity (Wildman–Crippen MR) is 350 cm³/mol. The fourth-order valence-corrected chi connectivity index (χ4v) is 14.8. The Labute approximate surface area is 563 Å². The van der Waals surface area contributed by atoms with Crippen molar-refractivity contribution in [2.75, 3.05) is 75.0 Å². The van der Waals surface area contributed by atoms with E-state index in [1.807, 2.05) is 6.92 Å². The summed E-state index contributed by atoms with van der Waals surface area (Å²) in [6.45, 7) is 10.4. The van der Waals surface area contributed by atoms with E-state index in [0.29, 0.717) is 57.2 Å². The maximum atomic E-state index is 15.3. The molecule has 6 aliphatic rings. The topological polar surface area (TPSA) is 270 Å². The van der Waals surface area contributed by atoms with E-state index >= 15 is 14.4 Å². The Kier molecular flexibility index (Phi) is 26.0. The van der Waals surface area contributed by atoms with Crippen LogP contribution in [-0.2, 0) is 70.1 Å². The molecule has 2 aliphatic carbocycles. The number of likely N-dealkylation sites (N-methyl/N-ethyl adjacent to an activating group) is 6. The van der Waals surface area contributed by atoms with Crippen molar-refractivity contribution in [3.8, 4) is 0 Å². The summed E-state index contributed by atoms with van der Waals surface area (Å²) in [4.78, 5) is 189. The van der Waals surface area contributed by atoms with E-state index in [4.69, 9.17) is 0 Å². The molecule has 1 spiro atoms. The first-order valence-electron chi connectivity index (χ1n) is 34.8. The third kappa shape index (κ3) is 17.5. The lowest BCUT2D eigenvalue weighted by molar-refractivity contribution is -0.160. The van der Waals surface area contributed by atoms with E-state index in [1.54, 1.807) is 25.7 Å². The van der Waals surface area contributed by atoms with Gasteiger partial charge in [0.05, 0.1) is 18.5 Å². The lowest BCUT2D eigenvalue weighted by Crippen LogP contribution is -2.65. The standard InChI is InChI=1S/C69H105F3N12O12/c1-13-43(4)56-65(94)78(9)45(6)60(89)84-38-32-51(84)63(92)79(10)52(39-47-23-16-14-17-24-47)62(91)76(7)41-54(85)73-49(31-28-46-26-29-48(30-27-46)69(70,71)72)61(90)83-37-22-25-50(83)59(88)75-68(33-18-19-34-68)67(96)81(12)57(42(2)3)66(95)80(11)53(64(93)82-35-20-15-21-36-82)40-55(86)77(8)44(5)58(87)74-56/h26-27,29-30,42-45,47,49-53,56-57H,13-25,28,31-41H2,1-12H3,(H,73,85)(H,74,87)(H,75,88)/t43-,44-,45-,49-,50-,51-,52-,53-,56-,57-/m0/s1. The number of piperidine rings is 1. The van der Waals surface area contributed by atoms with E-state index < -0.39 is 167 Å². The van der Waals surface area contributed by atoms with E-state index in [2.05, 4.69) is 16.0 Å². The summed E-state index contributed by atoms with van der Waals surface area (Å²) in [6.07, 6.45) is 4.09. The van der Waals surface area contributed by atoms with Crippen LogP contribution >= 0.6 is 0 Å². The highest BCUT2D eigenvalue weighted by molar-refractivity contribution is 6.01. The summed E-state index contributed by atoms with van der Waals surface area (Å²) in [7, 11) is 8.54. The molecule has 4 aliphatic heterocycles. The molecule has 1 aromatic carbocycles. The van der Waals surface area contributed by atoms with Crippen LogP contribution in [0, 0.1) is 17.8 Å². The van der Waals surface area contributed by atoms with Gasteiger partial charge in [-0.05, 0) is 120 Å². The summed E-state index contributed by atoms with van der Waals surface area (Å²) >= 11 is 0. The summed E-state index contributed by atoms with van der Waals surface area (Å²) in [5, 5.41) is 8.65. The SMILES string of the molecule is CC[C@H](C)[C@@H]1NC(=O)[C@H](C)N(C)C(=O)C[C@@H](C(=O)N2CCCCC2)N(C)C(=O)[C@H](C(C)C)N(C)C(=O)C2(CCCC2)NC(=O)[C@@H]2CCCN2C(=O)[C@H](CCc2ccc(C(F)(F)F)cc2)NC(=O)CN(C)C(=O)[C@H](CC2CCCCC2)N(C)C(=O)[C@@H]2CCN2C(=O)[C@H](C)N(C)C1=O. The van der Waals surface area contributed by atoms with Crippen LogP contribution in [0.3, 0.4) is 0 Å². The minimum absolute atomic E-state index is 0.00210. The number of hydrogen-bond donors (Lipinski definition) is 3. The molecule has 24 nitrogen and oxygen atoms in total. The number of nitrogens with one attached hydrogen (secondary N) is 3. The Balaban J connectivity index is 1.26. The average molecular weight is 1350 g/mol. The molecule has 3 N–H and O–H groups in total. The van der Waals surface area contributed by atoms with Gasteiger partial charge in [0.15, 0.2) is 0 Å². The molecule has 12 amide bonds. The average Bonchev–Trinajstić information content (AvgIpc) is 1.22. The Morgan fingerprint density at radius 1 is 0.604 bits per heavy atom. The second-order valence-corrected chi connectivity index (χ2v) is 28.4. The zero-order chi connectivity index (χ0) is 70.8. The van der Waals surface area contributed by atoms with E-state index in [-0.39, 0.29) is 64.0 Å². The minimum Gasteiger partial charge on any atom is -0.343 e. The molecule has 4 saturated heterocycles. The quantitative estimate of drug-likeness (QED) is 0.312. The molecule has 27 heteroatoms. The molecule has 1 aromatic rings. The lowest BCUT2D eigenvalue weighted by Gasteiger charge is -2.45. The molecular weight excluding hydrogens is 1250 g/mol. The van der Waals surface area contributed by atoms with E-state index in [1.165, 1.54) is 97.7 Å². The number of amides is 12. The van der Waals surface area contributed by atoms with Gasteiger partial charge in [-0.15, -0.1) is 0 Å². The molecule has 96 heavy (non-hydrogen) atoms. The Hall–Kier alpha value is -7.35. The lowest BCUT2D eigenvalue weighted by atomic mass is 9.84. The first-order valence-corrected chi connectivity index (χ1v) is 34.8. The Bertz CT molecular complexity index is 3010. The van der Waals surface area contributed by atoms with Gasteiger partial charge in [-0.25, -0.2) is 0 Å². The number of fused-ring (bicyclic) bond motifs is 2. The van der Waals surface area contributed by atoms with E-state index in [9.17, 15) is 56.3 Å². The third-order valence-electron chi connectivity index (χ3n) is 21.6. The number of benzene rings is 1. The molecule has 10 atom stereocenters. The summed E-state index contributed by atoms with van der Waals surface area (Å²) < 4.78 is 41.0. The van der Waals surface area contributed by atoms with Crippen molar-refractivity contribution in [2.45, 2.75) is 236 Å². The highest BCUT2D eigenvalue weighted by Crippen LogP contribution is 2.36. The van der Waals surface area contributed by atoms with Crippen LogP contribution in [0.5, 0.6) is 0 Å². The van der Waals surface area contributed by atoms with Crippen LogP contribution in [0.25, 0.3) is 0 Å². The molecule has 2 saturated carbocycles. The smallest absolute Gasteiger partial charge is 0.343 e. The van der Waals surface area contributed by atoms with Crippen LogP contribution in [0.2, 0.25) is 0 Å². The monoisotopic (exact) mass is 1350 g/mol. The van der Waals surface area contributed by atoms with Crippen LogP contribution in [-0.4, -0.2) is 250 Å². The Morgan fingerprint density at radius 3 is 1.80 bits per heavy atom. The van der Waals surface area contributed by atoms with Gasteiger partial charge in [-0.1, -0.05) is 91.2 Å². The van der Waals surface area contributed by atoms with Crippen molar-refractivity contribution < 1.29 is 70.7 Å². The van der Waals surface area contributed by atoms with Crippen molar-refractivity contribution in [3.05, 3.63) is 35.4 Å². The zero-order valence-corrected chi connectivity index (χ0v) is 58.5. The van der Waals surface area contributed by atoms with Gasteiger partial charge in [-0.2, -0.15) is 13.2 Å². The van der Waals surface area contributed by atoms with Gasteiger partial charge in [0.25, 0.3) is 0 Å². The van der Waals surface area contributed by atoms with Crippen LogP contribution < -0.4 is 16.0 Å².